The molecule has 0 atom stereocenters. The summed E-state index contributed by atoms with van der Waals surface area (Å²) < 4.78 is 5.06. The number of hydrogen-bond donors (Lipinski definition) is 1. The molecule has 2 aromatic rings. The Morgan fingerprint density at radius 1 is 1.19 bits per heavy atom. The van der Waals surface area contributed by atoms with Crippen LogP contribution in [0.3, 0.4) is 0 Å². The molecule has 0 spiro atoms. The van der Waals surface area contributed by atoms with Crippen molar-refractivity contribution in [1.29, 1.82) is 0 Å². The van der Waals surface area contributed by atoms with Crippen LogP contribution in [-0.4, -0.2) is 21.0 Å². The number of benzene rings is 1. The first kappa shape index (κ1) is 14.9. The van der Waals surface area contributed by atoms with Gasteiger partial charge < -0.3 is 10.1 Å². The van der Waals surface area contributed by atoms with Crippen LogP contribution in [-0.2, 0) is 12.0 Å². The Morgan fingerprint density at radius 3 is 2.57 bits per heavy atom. The summed E-state index contributed by atoms with van der Waals surface area (Å²) in [5.74, 6) is 0.573. The van der Waals surface area contributed by atoms with Crippen molar-refractivity contribution >= 4 is 6.09 Å². The van der Waals surface area contributed by atoms with Crippen LogP contribution < -0.4 is 10.1 Å². The zero-order valence-corrected chi connectivity index (χ0v) is 12.3. The molecular weight excluding hydrogens is 268 g/mol. The van der Waals surface area contributed by atoms with E-state index in [0.717, 1.165) is 5.56 Å². The van der Waals surface area contributed by atoms with Crippen LogP contribution in [0, 0.1) is 0 Å². The molecule has 0 saturated carbocycles. The highest BCUT2D eigenvalue weighted by atomic mass is 16.6. The number of rotatable bonds is 3. The number of aromatic nitrogens is 3. The molecular formula is C15H18N4O2. The molecule has 1 amide bonds. The van der Waals surface area contributed by atoms with Crippen LogP contribution in [0.25, 0.3) is 0 Å². The van der Waals surface area contributed by atoms with E-state index in [-0.39, 0.29) is 11.4 Å². The zero-order chi connectivity index (χ0) is 15.3. The molecule has 2 rings (SSSR count). The highest BCUT2D eigenvalue weighted by molar-refractivity contribution is 5.69. The van der Waals surface area contributed by atoms with Gasteiger partial charge in [-0.25, -0.2) is 9.78 Å². The van der Waals surface area contributed by atoms with Crippen molar-refractivity contribution in [2.75, 3.05) is 0 Å². The van der Waals surface area contributed by atoms with Crippen molar-refractivity contribution in [2.24, 2.45) is 0 Å². The lowest BCUT2D eigenvalue weighted by atomic mass is 9.96. The van der Waals surface area contributed by atoms with Crippen LogP contribution in [0.2, 0.25) is 0 Å². The Hall–Kier alpha value is -2.50. The van der Waals surface area contributed by atoms with E-state index in [1.807, 2.05) is 51.1 Å². The Kier molecular flexibility index (Phi) is 4.47. The van der Waals surface area contributed by atoms with Crippen molar-refractivity contribution in [3.63, 3.8) is 0 Å². The molecule has 1 heterocycles. The average molecular weight is 286 g/mol. The Bertz CT molecular complexity index is 609. The lowest BCUT2D eigenvalue weighted by Crippen LogP contribution is -2.27. The normalized spacial score (nSPS) is 11.0. The fourth-order valence-electron chi connectivity index (χ4n) is 1.58. The van der Waals surface area contributed by atoms with Gasteiger partial charge in [-0.2, -0.15) is 9.97 Å². The number of ether oxygens (including phenoxy) is 1. The molecule has 6 heteroatoms. The maximum Gasteiger partial charge on any atom is 0.415 e. The number of carbonyl (C=O) groups is 1. The SMILES string of the molecule is CC(C)(C)c1ncnc(OC(=O)NCc2ccccc2)n1. The third-order valence-electron chi connectivity index (χ3n) is 2.68. The van der Waals surface area contributed by atoms with Crippen LogP contribution in [0.4, 0.5) is 4.79 Å². The molecule has 0 aliphatic heterocycles. The second kappa shape index (κ2) is 6.30. The minimum atomic E-state index is -0.593. The second-order valence-electron chi connectivity index (χ2n) is 5.57. The van der Waals surface area contributed by atoms with Gasteiger partial charge in [-0.1, -0.05) is 51.1 Å². The lowest BCUT2D eigenvalue weighted by Gasteiger charge is -2.15. The zero-order valence-electron chi connectivity index (χ0n) is 12.3. The van der Waals surface area contributed by atoms with E-state index in [0.29, 0.717) is 12.4 Å². The van der Waals surface area contributed by atoms with E-state index in [4.69, 9.17) is 4.74 Å². The molecule has 0 unspecified atom stereocenters. The van der Waals surface area contributed by atoms with Gasteiger partial charge in [-0.3, -0.25) is 0 Å². The number of amides is 1. The number of nitrogens with zero attached hydrogens (tertiary/aromatic N) is 3. The van der Waals surface area contributed by atoms with Gasteiger partial charge in [-0.05, 0) is 5.56 Å². The standard InChI is InChI=1S/C15H18N4O2/c1-15(2,3)12-17-10-18-13(19-12)21-14(20)16-9-11-7-5-4-6-8-11/h4-8,10H,9H2,1-3H3,(H,16,20). The molecule has 1 N–H and O–H groups in total. The van der Waals surface area contributed by atoms with Crippen molar-refractivity contribution in [2.45, 2.75) is 32.7 Å². The Morgan fingerprint density at radius 2 is 1.90 bits per heavy atom. The summed E-state index contributed by atoms with van der Waals surface area (Å²) in [6.07, 6.45) is 0.748. The molecule has 6 nitrogen and oxygen atoms in total. The van der Waals surface area contributed by atoms with E-state index in [9.17, 15) is 4.79 Å². The molecule has 0 bridgehead atoms. The summed E-state index contributed by atoms with van der Waals surface area (Å²) >= 11 is 0. The quantitative estimate of drug-likeness (QED) is 0.937. The van der Waals surface area contributed by atoms with Crippen molar-refractivity contribution in [3.05, 3.63) is 48.0 Å². The number of nitrogens with one attached hydrogen (secondary N) is 1. The van der Waals surface area contributed by atoms with Gasteiger partial charge in [0.15, 0.2) is 0 Å². The largest absolute Gasteiger partial charge is 0.415 e. The van der Waals surface area contributed by atoms with E-state index in [2.05, 4.69) is 20.3 Å². The van der Waals surface area contributed by atoms with Crippen LogP contribution >= 0.6 is 0 Å². The van der Waals surface area contributed by atoms with Crippen molar-refractivity contribution in [3.8, 4) is 6.01 Å². The second-order valence-corrected chi connectivity index (χ2v) is 5.57. The monoisotopic (exact) mass is 286 g/mol. The molecule has 0 aliphatic rings. The van der Waals surface area contributed by atoms with Gasteiger partial charge in [0, 0.05) is 12.0 Å². The minimum Gasteiger partial charge on any atom is -0.374 e. The molecule has 1 aromatic carbocycles. The summed E-state index contributed by atoms with van der Waals surface area (Å²) in [5.41, 5.74) is 0.752. The van der Waals surface area contributed by atoms with Gasteiger partial charge in [0.25, 0.3) is 0 Å². The predicted octanol–water partition coefficient (Wildman–Crippen LogP) is 2.46. The Balaban J connectivity index is 1.94. The average Bonchev–Trinajstić information content (AvgIpc) is 2.46. The summed E-state index contributed by atoms with van der Waals surface area (Å²) in [4.78, 5) is 23.8. The molecule has 0 fully saturated rings. The maximum atomic E-state index is 11.7. The molecule has 0 aliphatic carbocycles. The molecule has 110 valence electrons. The summed E-state index contributed by atoms with van der Waals surface area (Å²) in [7, 11) is 0. The fourth-order valence-corrected chi connectivity index (χ4v) is 1.58. The van der Waals surface area contributed by atoms with E-state index in [1.165, 1.54) is 6.33 Å². The summed E-state index contributed by atoms with van der Waals surface area (Å²) in [6.45, 7) is 6.31. The highest BCUT2D eigenvalue weighted by Crippen LogP contribution is 2.18. The molecule has 21 heavy (non-hydrogen) atoms. The highest BCUT2D eigenvalue weighted by Gasteiger charge is 2.19. The van der Waals surface area contributed by atoms with Crippen molar-refractivity contribution in [1.82, 2.24) is 20.3 Å². The summed E-state index contributed by atoms with van der Waals surface area (Å²) in [5, 5.41) is 2.64. The van der Waals surface area contributed by atoms with Gasteiger partial charge in [-0.15, -0.1) is 0 Å². The molecule has 0 radical (unpaired) electrons. The van der Waals surface area contributed by atoms with Crippen molar-refractivity contribution < 1.29 is 9.53 Å². The van der Waals surface area contributed by atoms with Crippen LogP contribution in [0.15, 0.2) is 36.7 Å². The van der Waals surface area contributed by atoms with E-state index >= 15 is 0 Å². The first-order chi connectivity index (χ1) is 9.95. The smallest absolute Gasteiger partial charge is 0.374 e. The lowest BCUT2D eigenvalue weighted by molar-refractivity contribution is 0.195. The summed E-state index contributed by atoms with van der Waals surface area (Å²) in [6, 6.07) is 9.57. The topological polar surface area (TPSA) is 77.0 Å². The predicted molar refractivity (Wildman–Crippen MR) is 77.8 cm³/mol. The van der Waals surface area contributed by atoms with Gasteiger partial charge in [0.1, 0.15) is 12.2 Å². The maximum absolute atomic E-state index is 11.7. The fraction of sp³-hybridized carbons (Fsp3) is 0.333. The van der Waals surface area contributed by atoms with Gasteiger partial charge in [0.05, 0.1) is 0 Å². The first-order valence-electron chi connectivity index (χ1n) is 6.64. The molecule has 0 saturated heterocycles. The number of hydrogen-bond acceptors (Lipinski definition) is 5. The van der Waals surface area contributed by atoms with Gasteiger partial charge in [0.2, 0.25) is 0 Å². The number of carbonyl (C=O) groups excluding carboxylic acids is 1. The first-order valence-corrected chi connectivity index (χ1v) is 6.64. The van der Waals surface area contributed by atoms with E-state index < -0.39 is 6.09 Å². The van der Waals surface area contributed by atoms with E-state index in [1.54, 1.807) is 0 Å². The minimum absolute atomic E-state index is 0.000451. The van der Waals surface area contributed by atoms with Gasteiger partial charge >= 0.3 is 12.1 Å². The third-order valence-corrected chi connectivity index (χ3v) is 2.68. The van der Waals surface area contributed by atoms with Crippen LogP contribution in [0.1, 0.15) is 32.2 Å². The molecule has 1 aromatic heterocycles. The van der Waals surface area contributed by atoms with Crippen LogP contribution in [0.5, 0.6) is 6.01 Å². The third kappa shape index (κ3) is 4.52. The Labute approximate surface area is 123 Å².